The van der Waals surface area contributed by atoms with Gasteiger partial charge in [0.15, 0.2) is 5.13 Å². The van der Waals surface area contributed by atoms with Crippen LogP contribution in [-0.2, 0) is 9.59 Å². The summed E-state index contributed by atoms with van der Waals surface area (Å²) in [5, 5.41) is 5.62. The molecule has 0 bridgehead atoms. The minimum atomic E-state index is -0.702. The first-order valence-corrected chi connectivity index (χ1v) is 7.40. The van der Waals surface area contributed by atoms with E-state index in [1.807, 2.05) is 51.1 Å². The van der Waals surface area contributed by atoms with E-state index in [0.29, 0.717) is 5.13 Å². The van der Waals surface area contributed by atoms with Gasteiger partial charge in [-0.1, -0.05) is 30.3 Å². The normalized spacial score (nSPS) is 11.8. The number of nitrogens with zero attached hydrogens (tertiary/aromatic N) is 1. The van der Waals surface area contributed by atoms with Gasteiger partial charge in [-0.3, -0.25) is 14.9 Å². The van der Waals surface area contributed by atoms with Crippen LogP contribution in [0.15, 0.2) is 30.3 Å². The van der Waals surface area contributed by atoms with Crippen LogP contribution in [0.1, 0.15) is 29.1 Å². The van der Waals surface area contributed by atoms with Crippen molar-refractivity contribution in [2.75, 3.05) is 5.32 Å². The van der Waals surface area contributed by atoms with Crippen molar-refractivity contribution in [3.05, 3.63) is 46.5 Å². The van der Waals surface area contributed by atoms with Crippen molar-refractivity contribution in [2.45, 2.75) is 26.8 Å². The van der Waals surface area contributed by atoms with Crippen LogP contribution in [0, 0.1) is 13.8 Å². The monoisotopic (exact) mass is 303 g/mol. The predicted octanol–water partition coefficient (Wildman–Crippen LogP) is 2.58. The van der Waals surface area contributed by atoms with Crippen molar-refractivity contribution in [1.82, 2.24) is 10.3 Å². The Bertz CT molecular complexity index is 633. The minimum Gasteiger partial charge on any atom is -0.341 e. The zero-order valence-electron chi connectivity index (χ0n) is 12.1. The van der Waals surface area contributed by atoms with E-state index in [-0.39, 0.29) is 6.04 Å². The first-order valence-electron chi connectivity index (χ1n) is 6.58. The second-order valence-electron chi connectivity index (χ2n) is 4.72. The van der Waals surface area contributed by atoms with Crippen LogP contribution < -0.4 is 10.6 Å². The molecule has 1 atom stereocenters. The van der Waals surface area contributed by atoms with E-state index in [2.05, 4.69) is 15.6 Å². The smallest absolute Gasteiger partial charge is 0.315 e. The molecule has 0 aliphatic rings. The maximum Gasteiger partial charge on any atom is 0.315 e. The number of hydrogen-bond donors (Lipinski definition) is 2. The molecular weight excluding hydrogens is 286 g/mol. The quantitative estimate of drug-likeness (QED) is 0.856. The largest absolute Gasteiger partial charge is 0.341 e. The molecule has 0 spiro atoms. The number of carbonyl (C=O) groups is 2. The number of aromatic nitrogens is 1. The fraction of sp³-hybridized carbons (Fsp3) is 0.267. The minimum absolute atomic E-state index is 0.232. The number of amides is 2. The summed E-state index contributed by atoms with van der Waals surface area (Å²) in [5.74, 6) is -1.37. The van der Waals surface area contributed by atoms with Crippen LogP contribution in [-0.4, -0.2) is 16.8 Å². The highest BCUT2D eigenvalue weighted by molar-refractivity contribution is 7.15. The number of benzene rings is 1. The molecule has 2 rings (SSSR count). The third-order valence-electron chi connectivity index (χ3n) is 3.10. The number of anilines is 1. The van der Waals surface area contributed by atoms with Crippen LogP contribution in [0.2, 0.25) is 0 Å². The maximum absolute atomic E-state index is 11.9. The number of nitrogens with one attached hydrogen (secondary N) is 2. The Kier molecular flexibility index (Phi) is 4.70. The molecule has 0 aliphatic carbocycles. The van der Waals surface area contributed by atoms with Crippen LogP contribution in [0.3, 0.4) is 0 Å². The van der Waals surface area contributed by atoms with Gasteiger partial charge in [-0.25, -0.2) is 4.98 Å². The number of aryl methyl sites for hydroxylation is 2. The van der Waals surface area contributed by atoms with Crippen molar-refractivity contribution < 1.29 is 9.59 Å². The summed E-state index contributed by atoms with van der Waals surface area (Å²) in [4.78, 5) is 28.9. The van der Waals surface area contributed by atoms with E-state index in [4.69, 9.17) is 0 Å². The summed E-state index contributed by atoms with van der Waals surface area (Å²) in [7, 11) is 0. The van der Waals surface area contributed by atoms with Crippen LogP contribution in [0.4, 0.5) is 5.13 Å². The Balaban J connectivity index is 1.95. The lowest BCUT2D eigenvalue weighted by atomic mass is 10.1. The highest BCUT2D eigenvalue weighted by Crippen LogP contribution is 2.21. The maximum atomic E-state index is 11.9. The number of rotatable bonds is 3. The second kappa shape index (κ2) is 6.49. The predicted molar refractivity (Wildman–Crippen MR) is 83.2 cm³/mol. The molecule has 1 unspecified atom stereocenters. The first kappa shape index (κ1) is 15.2. The lowest BCUT2D eigenvalue weighted by Gasteiger charge is -2.13. The SMILES string of the molecule is Cc1nc(NC(=O)C(=O)NC(C)c2ccccc2)sc1C. The summed E-state index contributed by atoms with van der Waals surface area (Å²) in [6, 6.07) is 9.24. The molecule has 0 radical (unpaired) electrons. The highest BCUT2D eigenvalue weighted by atomic mass is 32.1. The van der Waals surface area contributed by atoms with Gasteiger partial charge in [0.1, 0.15) is 0 Å². The molecule has 5 nitrogen and oxygen atoms in total. The molecule has 0 saturated carbocycles. The average molecular weight is 303 g/mol. The van der Waals surface area contributed by atoms with Gasteiger partial charge in [0.25, 0.3) is 0 Å². The molecule has 2 amide bonds. The lowest BCUT2D eigenvalue weighted by Crippen LogP contribution is -2.36. The van der Waals surface area contributed by atoms with E-state index in [0.717, 1.165) is 16.1 Å². The molecule has 2 N–H and O–H groups in total. The summed E-state index contributed by atoms with van der Waals surface area (Å²) >= 11 is 1.35. The molecule has 2 aromatic rings. The first-order chi connectivity index (χ1) is 9.97. The molecule has 1 aromatic carbocycles. The Morgan fingerprint density at radius 2 is 1.81 bits per heavy atom. The third-order valence-corrected chi connectivity index (χ3v) is 4.09. The van der Waals surface area contributed by atoms with Crippen molar-refractivity contribution >= 4 is 28.3 Å². The fourth-order valence-electron chi connectivity index (χ4n) is 1.77. The molecule has 0 aliphatic heterocycles. The van der Waals surface area contributed by atoms with Gasteiger partial charge in [-0.15, -0.1) is 11.3 Å². The summed E-state index contributed by atoms with van der Waals surface area (Å²) in [5.41, 5.74) is 1.80. The zero-order valence-corrected chi connectivity index (χ0v) is 13.0. The Morgan fingerprint density at radius 1 is 1.14 bits per heavy atom. The van der Waals surface area contributed by atoms with Gasteiger partial charge in [-0.05, 0) is 26.3 Å². The van der Waals surface area contributed by atoms with Gasteiger partial charge in [0.2, 0.25) is 0 Å². The molecule has 110 valence electrons. The second-order valence-corrected chi connectivity index (χ2v) is 5.92. The molecule has 6 heteroatoms. The van der Waals surface area contributed by atoms with E-state index in [9.17, 15) is 9.59 Å². The van der Waals surface area contributed by atoms with Gasteiger partial charge in [-0.2, -0.15) is 0 Å². The zero-order chi connectivity index (χ0) is 15.4. The molecule has 21 heavy (non-hydrogen) atoms. The average Bonchev–Trinajstić information content (AvgIpc) is 2.78. The van der Waals surface area contributed by atoms with E-state index in [1.165, 1.54) is 11.3 Å². The molecule has 1 heterocycles. The van der Waals surface area contributed by atoms with Gasteiger partial charge >= 0.3 is 11.8 Å². The number of carbonyl (C=O) groups excluding carboxylic acids is 2. The molecule has 0 fully saturated rings. The summed E-state index contributed by atoms with van der Waals surface area (Å²) < 4.78 is 0. The molecule has 1 aromatic heterocycles. The van der Waals surface area contributed by atoms with Crippen molar-refractivity contribution in [3.8, 4) is 0 Å². The van der Waals surface area contributed by atoms with Crippen LogP contribution >= 0.6 is 11.3 Å². The fourth-order valence-corrected chi connectivity index (χ4v) is 2.58. The Hall–Kier alpha value is -2.21. The third kappa shape index (κ3) is 3.88. The van der Waals surface area contributed by atoms with Crippen molar-refractivity contribution in [1.29, 1.82) is 0 Å². The van der Waals surface area contributed by atoms with Crippen LogP contribution in [0.5, 0.6) is 0 Å². The van der Waals surface area contributed by atoms with E-state index in [1.54, 1.807) is 0 Å². The highest BCUT2D eigenvalue weighted by Gasteiger charge is 2.18. The molecule has 0 saturated heterocycles. The van der Waals surface area contributed by atoms with E-state index >= 15 is 0 Å². The Labute approximate surface area is 127 Å². The summed E-state index contributed by atoms with van der Waals surface area (Å²) in [6.07, 6.45) is 0. The Morgan fingerprint density at radius 3 is 2.38 bits per heavy atom. The van der Waals surface area contributed by atoms with Gasteiger partial charge < -0.3 is 5.32 Å². The summed E-state index contributed by atoms with van der Waals surface area (Å²) in [6.45, 7) is 5.61. The number of hydrogen-bond acceptors (Lipinski definition) is 4. The van der Waals surface area contributed by atoms with Crippen molar-refractivity contribution in [2.24, 2.45) is 0 Å². The van der Waals surface area contributed by atoms with Crippen molar-refractivity contribution in [3.63, 3.8) is 0 Å². The van der Waals surface area contributed by atoms with E-state index < -0.39 is 11.8 Å². The number of thiazole rings is 1. The molecular formula is C15H17N3O2S. The van der Waals surface area contributed by atoms with Gasteiger partial charge in [0.05, 0.1) is 11.7 Å². The topological polar surface area (TPSA) is 71.1 Å². The van der Waals surface area contributed by atoms with Crippen LogP contribution in [0.25, 0.3) is 0 Å². The van der Waals surface area contributed by atoms with Gasteiger partial charge in [0, 0.05) is 4.88 Å². The standard InChI is InChI=1S/C15H17N3O2S/c1-9-11(3)21-15(17-9)18-14(20)13(19)16-10(2)12-7-5-4-6-8-12/h4-8,10H,1-3H3,(H,16,19)(H,17,18,20). The lowest BCUT2D eigenvalue weighted by molar-refractivity contribution is -0.136.